The maximum Gasteiger partial charge on any atom is 0.328 e. The quantitative estimate of drug-likeness (QED) is 0.826. The molecule has 0 fully saturated rings. The Hall–Kier alpha value is -2.82. The topological polar surface area (TPSA) is 68.7 Å². The molecule has 1 heterocycles. The van der Waals surface area contributed by atoms with Crippen molar-refractivity contribution < 1.29 is 19.4 Å². The SMILES string of the molecule is COc1cccc(/C=C/C(=O)O)c1OCc1ccncc1. The number of carboxylic acid groups (broad SMARTS) is 1. The molecule has 108 valence electrons. The first-order valence-corrected chi connectivity index (χ1v) is 6.30. The number of hydrogen-bond donors (Lipinski definition) is 1. The summed E-state index contributed by atoms with van der Waals surface area (Å²) in [5.74, 6) is 0.0452. The van der Waals surface area contributed by atoms with Crippen molar-refractivity contribution >= 4 is 12.0 Å². The van der Waals surface area contributed by atoms with Crippen molar-refractivity contribution in [3.05, 3.63) is 59.9 Å². The monoisotopic (exact) mass is 285 g/mol. The average molecular weight is 285 g/mol. The van der Waals surface area contributed by atoms with Gasteiger partial charge in [-0.15, -0.1) is 0 Å². The first-order chi connectivity index (χ1) is 10.2. The lowest BCUT2D eigenvalue weighted by atomic mass is 10.1. The smallest absolute Gasteiger partial charge is 0.328 e. The van der Waals surface area contributed by atoms with Gasteiger partial charge in [-0.2, -0.15) is 0 Å². The third kappa shape index (κ3) is 4.07. The molecule has 0 saturated carbocycles. The van der Waals surface area contributed by atoms with Crippen LogP contribution in [0.1, 0.15) is 11.1 Å². The van der Waals surface area contributed by atoms with E-state index < -0.39 is 5.97 Å². The summed E-state index contributed by atoms with van der Waals surface area (Å²) in [4.78, 5) is 14.6. The van der Waals surface area contributed by atoms with E-state index in [-0.39, 0.29) is 0 Å². The van der Waals surface area contributed by atoms with Gasteiger partial charge in [-0.1, -0.05) is 12.1 Å². The number of nitrogens with zero attached hydrogens (tertiary/aromatic N) is 1. The maximum absolute atomic E-state index is 10.7. The molecular formula is C16H15NO4. The van der Waals surface area contributed by atoms with E-state index in [1.165, 1.54) is 6.08 Å². The van der Waals surface area contributed by atoms with Crippen LogP contribution in [0.2, 0.25) is 0 Å². The second kappa shape index (κ2) is 7.09. The number of ether oxygens (including phenoxy) is 2. The number of hydrogen-bond acceptors (Lipinski definition) is 4. The zero-order chi connectivity index (χ0) is 15.1. The van der Waals surface area contributed by atoms with E-state index in [0.717, 1.165) is 11.6 Å². The van der Waals surface area contributed by atoms with E-state index in [9.17, 15) is 4.79 Å². The van der Waals surface area contributed by atoms with Gasteiger partial charge in [0, 0.05) is 24.0 Å². The van der Waals surface area contributed by atoms with E-state index in [2.05, 4.69) is 4.98 Å². The van der Waals surface area contributed by atoms with Crippen molar-refractivity contribution in [2.45, 2.75) is 6.61 Å². The van der Waals surface area contributed by atoms with Crippen molar-refractivity contribution in [2.75, 3.05) is 7.11 Å². The highest BCUT2D eigenvalue weighted by Crippen LogP contribution is 2.32. The second-order valence-corrected chi connectivity index (χ2v) is 4.19. The summed E-state index contributed by atoms with van der Waals surface area (Å²) in [5, 5.41) is 8.73. The summed E-state index contributed by atoms with van der Waals surface area (Å²) in [6.07, 6.45) is 5.92. The zero-order valence-corrected chi connectivity index (χ0v) is 11.5. The van der Waals surface area contributed by atoms with Crippen LogP contribution in [-0.4, -0.2) is 23.2 Å². The van der Waals surface area contributed by atoms with Crippen LogP contribution in [0.4, 0.5) is 0 Å². The highest BCUT2D eigenvalue weighted by molar-refractivity contribution is 5.86. The predicted molar refractivity (Wildman–Crippen MR) is 78.2 cm³/mol. The lowest BCUT2D eigenvalue weighted by molar-refractivity contribution is -0.131. The predicted octanol–water partition coefficient (Wildman–Crippen LogP) is 2.77. The van der Waals surface area contributed by atoms with Crippen LogP contribution in [0.25, 0.3) is 6.08 Å². The van der Waals surface area contributed by atoms with Crippen molar-refractivity contribution in [1.29, 1.82) is 0 Å². The lowest BCUT2D eigenvalue weighted by Gasteiger charge is -2.13. The molecule has 0 aliphatic carbocycles. The van der Waals surface area contributed by atoms with Gasteiger partial charge in [0.05, 0.1) is 7.11 Å². The second-order valence-electron chi connectivity index (χ2n) is 4.19. The summed E-state index contributed by atoms with van der Waals surface area (Å²) >= 11 is 0. The Morgan fingerprint density at radius 1 is 1.29 bits per heavy atom. The van der Waals surface area contributed by atoms with Gasteiger partial charge in [0.25, 0.3) is 0 Å². The number of para-hydroxylation sites is 1. The van der Waals surface area contributed by atoms with E-state index in [1.54, 1.807) is 37.7 Å². The normalized spacial score (nSPS) is 10.5. The summed E-state index contributed by atoms with van der Waals surface area (Å²) in [5.41, 5.74) is 1.61. The molecule has 5 nitrogen and oxygen atoms in total. The number of aromatic nitrogens is 1. The van der Waals surface area contributed by atoms with Crippen molar-refractivity contribution in [3.8, 4) is 11.5 Å². The molecule has 0 amide bonds. The third-order valence-corrected chi connectivity index (χ3v) is 2.77. The summed E-state index contributed by atoms with van der Waals surface area (Å²) in [6, 6.07) is 9.01. The minimum absolute atomic E-state index is 0.344. The lowest BCUT2D eigenvalue weighted by Crippen LogP contribution is -1.99. The number of carboxylic acids is 1. The summed E-state index contributed by atoms with van der Waals surface area (Å²) in [6.45, 7) is 0.344. The molecule has 1 N–H and O–H groups in total. The Balaban J connectivity index is 2.25. The van der Waals surface area contributed by atoms with Crippen LogP contribution in [0.15, 0.2) is 48.8 Å². The van der Waals surface area contributed by atoms with Crippen molar-refractivity contribution in [2.24, 2.45) is 0 Å². The molecule has 0 radical (unpaired) electrons. The number of benzene rings is 1. The molecule has 0 atom stereocenters. The van der Waals surface area contributed by atoms with Gasteiger partial charge in [-0.25, -0.2) is 4.79 Å². The molecule has 0 saturated heterocycles. The first-order valence-electron chi connectivity index (χ1n) is 6.30. The Morgan fingerprint density at radius 2 is 2.05 bits per heavy atom. The van der Waals surface area contributed by atoms with Gasteiger partial charge in [0.2, 0.25) is 0 Å². The molecule has 1 aromatic heterocycles. The highest BCUT2D eigenvalue weighted by Gasteiger charge is 2.09. The Kier molecular flexibility index (Phi) is 4.93. The van der Waals surface area contributed by atoms with Gasteiger partial charge in [-0.3, -0.25) is 4.98 Å². The number of aliphatic carboxylic acids is 1. The molecule has 0 aliphatic rings. The standard InChI is InChI=1S/C16H15NO4/c1-20-14-4-2-3-13(5-6-15(18)19)16(14)21-11-12-7-9-17-10-8-12/h2-10H,11H2,1H3,(H,18,19)/b6-5+. The van der Waals surface area contributed by atoms with E-state index >= 15 is 0 Å². The fraction of sp³-hybridized carbons (Fsp3) is 0.125. The molecule has 21 heavy (non-hydrogen) atoms. The molecule has 0 spiro atoms. The van der Waals surface area contributed by atoms with Gasteiger partial charge in [-0.05, 0) is 29.8 Å². The molecule has 2 rings (SSSR count). The van der Waals surface area contributed by atoms with Gasteiger partial charge in [0.1, 0.15) is 6.61 Å². The fourth-order valence-corrected chi connectivity index (χ4v) is 1.77. The van der Waals surface area contributed by atoms with Crippen LogP contribution in [0.3, 0.4) is 0 Å². The van der Waals surface area contributed by atoms with E-state index in [1.807, 2.05) is 12.1 Å². The number of rotatable bonds is 6. The van der Waals surface area contributed by atoms with E-state index in [4.69, 9.17) is 14.6 Å². The summed E-state index contributed by atoms with van der Waals surface area (Å²) < 4.78 is 11.0. The van der Waals surface area contributed by atoms with Crippen molar-refractivity contribution in [3.63, 3.8) is 0 Å². The molecule has 1 aromatic carbocycles. The highest BCUT2D eigenvalue weighted by atomic mass is 16.5. The van der Waals surface area contributed by atoms with Crippen LogP contribution < -0.4 is 9.47 Å². The van der Waals surface area contributed by atoms with Crippen LogP contribution in [-0.2, 0) is 11.4 Å². The van der Waals surface area contributed by atoms with E-state index in [0.29, 0.717) is 23.7 Å². The molecular weight excluding hydrogens is 270 g/mol. The van der Waals surface area contributed by atoms with Gasteiger partial charge in [0.15, 0.2) is 11.5 Å². The molecule has 0 aliphatic heterocycles. The summed E-state index contributed by atoms with van der Waals surface area (Å²) in [7, 11) is 1.54. The zero-order valence-electron chi connectivity index (χ0n) is 11.5. The third-order valence-electron chi connectivity index (χ3n) is 2.77. The van der Waals surface area contributed by atoms with Gasteiger partial charge >= 0.3 is 5.97 Å². The number of methoxy groups -OCH3 is 1. The van der Waals surface area contributed by atoms with Crippen LogP contribution in [0, 0.1) is 0 Å². The molecule has 0 unspecified atom stereocenters. The molecule has 5 heteroatoms. The maximum atomic E-state index is 10.7. The minimum Gasteiger partial charge on any atom is -0.493 e. The molecule has 2 aromatic rings. The average Bonchev–Trinajstić information content (AvgIpc) is 2.52. The van der Waals surface area contributed by atoms with Crippen LogP contribution >= 0.6 is 0 Å². The Morgan fingerprint density at radius 3 is 2.71 bits per heavy atom. The Bertz CT molecular complexity index is 638. The Labute approximate surface area is 122 Å². The van der Waals surface area contributed by atoms with Gasteiger partial charge < -0.3 is 14.6 Å². The van der Waals surface area contributed by atoms with Crippen molar-refractivity contribution in [1.82, 2.24) is 4.98 Å². The fourth-order valence-electron chi connectivity index (χ4n) is 1.77. The molecule has 0 bridgehead atoms. The van der Waals surface area contributed by atoms with Crippen LogP contribution in [0.5, 0.6) is 11.5 Å². The minimum atomic E-state index is -1.02. The number of carbonyl (C=O) groups is 1. The largest absolute Gasteiger partial charge is 0.493 e. The number of pyridine rings is 1. The first kappa shape index (κ1) is 14.6.